The fraction of sp³-hybridized carbons (Fsp3) is 0.235. The molecule has 1 heterocycles. The van der Waals surface area contributed by atoms with Gasteiger partial charge in [0.15, 0.2) is 0 Å². The van der Waals surface area contributed by atoms with Gasteiger partial charge < -0.3 is 14.7 Å². The van der Waals surface area contributed by atoms with Crippen LogP contribution in [0.25, 0.3) is 0 Å². The van der Waals surface area contributed by atoms with E-state index in [1.165, 1.54) is 5.69 Å². The van der Waals surface area contributed by atoms with Crippen molar-refractivity contribution >= 4 is 49.4 Å². The molecule has 1 aliphatic rings. The summed E-state index contributed by atoms with van der Waals surface area (Å²) in [5.41, 5.74) is 2.68. The van der Waals surface area contributed by atoms with E-state index in [-0.39, 0.29) is 5.75 Å². The lowest BCUT2D eigenvalue weighted by atomic mass is 10.2. The Labute approximate surface area is 152 Å². The second-order valence-corrected chi connectivity index (χ2v) is 6.97. The van der Waals surface area contributed by atoms with Gasteiger partial charge in [0.05, 0.1) is 23.4 Å². The summed E-state index contributed by atoms with van der Waals surface area (Å²) in [4.78, 5) is 6.74. The van der Waals surface area contributed by atoms with Crippen molar-refractivity contribution in [2.45, 2.75) is 0 Å². The molecule has 2 aromatic rings. The molecule has 6 heteroatoms. The molecule has 1 aliphatic heterocycles. The van der Waals surface area contributed by atoms with Gasteiger partial charge in [-0.3, -0.25) is 4.99 Å². The van der Waals surface area contributed by atoms with Gasteiger partial charge in [0.2, 0.25) is 0 Å². The number of ether oxygens (including phenoxy) is 1. The van der Waals surface area contributed by atoms with Gasteiger partial charge in [-0.25, -0.2) is 0 Å². The Kier molecular flexibility index (Phi) is 5.35. The SMILES string of the molecule is Oc1c(Br)cc(Br)cc1C=Nc1ccc(N2CCOCC2)cc1. The third-order valence-electron chi connectivity index (χ3n) is 3.64. The van der Waals surface area contributed by atoms with Crippen molar-refractivity contribution in [3.8, 4) is 5.75 Å². The van der Waals surface area contributed by atoms with Gasteiger partial charge in [0.25, 0.3) is 0 Å². The summed E-state index contributed by atoms with van der Waals surface area (Å²) in [6.45, 7) is 3.39. The van der Waals surface area contributed by atoms with Gasteiger partial charge in [-0.15, -0.1) is 0 Å². The minimum atomic E-state index is 0.182. The summed E-state index contributed by atoms with van der Waals surface area (Å²) in [6.07, 6.45) is 1.66. The van der Waals surface area contributed by atoms with Crippen LogP contribution in [-0.4, -0.2) is 37.6 Å². The van der Waals surface area contributed by atoms with E-state index in [4.69, 9.17) is 4.74 Å². The van der Waals surface area contributed by atoms with Gasteiger partial charge in [0, 0.05) is 35.0 Å². The van der Waals surface area contributed by atoms with Gasteiger partial charge in [-0.2, -0.15) is 0 Å². The molecule has 3 rings (SSSR count). The van der Waals surface area contributed by atoms with E-state index in [0.29, 0.717) is 10.0 Å². The molecule has 0 spiro atoms. The molecule has 0 saturated carbocycles. The van der Waals surface area contributed by atoms with Crippen LogP contribution in [0.5, 0.6) is 5.75 Å². The number of halogens is 2. The monoisotopic (exact) mass is 438 g/mol. The number of nitrogens with zero attached hydrogens (tertiary/aromatic N) is 2. The quantitative estimate of drug-likeness (QED) is 0.716. The lowest BCUT2D eigenvalue weighted by Gasteiger charge is -2.28. The summed E-state index contributed by atoms with van der Waals surface area (Å²) < 4.78 is 6.88. The molecule has 0 aliphatic carbocycles. The van der Waals surface area contributed by atoms with Crippen molar-refractivity contribution in [1.82, 2.24) is 0 Å². The molecule has 0 atom stereocenters. The highest BCUT2D eigenvalue weighted by Gasteiger charge is 2.10. The average molecular weight is 440 g/mol. The molecule has 1 fully saturated rings. The number of rotatable bonds is 3. The van der Waals surface area contributed by atoms with Gasteiger partial charge in [-0.05, 0) is 52.3 Å². The first-order valence-corrected chi connectivity index (χ1v) is 8.87. The molecule has 4 nitrogen and oxygen atoms in total. The minimum Gasteiger partial charge on any atom is -0.506 e. The molecule has 120 valence electrons. The number of hydrogen-bond donors (Lipinski definition) is 1. The van der Waals surface area contributed by atoms with Crippen molar-refractivity contribution < 1.29 is 9.84 Å². The highest BCUT2D eigenvalue weighted by Crippen LogP contribution is 2.31. The number of benzene rings is 2. The Bertz CT molecular complexity index is 711. The highest BCUT2D eigenvalue weighted by molar-refractivity contribution is 9.11. The number of aromatic hydroxyl groups is 1. The Morgan fingerprint density at radius 2 is 1.78 bits per heavy atom. The normalized spacial score (nSPS) is 15.3. The lowest BCUT2D eigenvalue weighted by Crippen LogP contribution is -2.36. The van der Waals surface area contributed by atoms with Gasteiger partial charge >= 0.3 is 0 Å². The maximum atomic E-state index is 10.0. The van der Waals surface area contributed by atoms with Crippen LogP contribution in [0.3, 0.4) is 0 Å². The van der Waals surface area contributed by atoms with Crippen molar-refractivity contribution in [3.05, 3.63) is 50.9 Å². The third-order valence-corrected chi connectivity index (χ3v) is 4.70. The molecular formula is C17H16Br2N2O2. The van der Waals surface area contributed by atoms with E-state index in [0.717, 1.165) is 36.5 Å². The van der Waals surface area contributed by atoms with E-state index in [1.54, 1.807) is 12.3 Å². The van der Waals surface area contributed by atoms with Crippen LogP contribution >= 0.6 is 31.9 Å². The Balaban J connectivity index is 1.75. The summed E-state index contributed by atoms with van der Waals surface area (Å²) in [7, 11) is 0. The fourth-order valence-electron chi connectivity index (χ4n) is 2.40. The molecule has 0 bridgehead atoms. The first-order valence-electron chi connectivity index (χ1n) is 7.28. The van der Waals surface area contributed by atoms with Gasteiger partial charge in [0.1, 0.15) is 5.75 Å². The zero-order valence-corrected chi connectivity index (χ0v) is 15.5. The first kappa shape index (κ1) is 16.5. The molecule has 0 aromatic heterocycles. The zero-order valence-electron chi connectivity index (χ0n) is 12.4. The van der Waals surface area contributed by atoms with Crippen LogP contribution in [0.2, 0.25) is 0 Å². The second kappa shape index (κ2) is 7.47. The zero-order chi connectivity index (χ0) is 16.2. The topological polar surface area (TPSA) is 45.1 Å². The summed E-state index contributed by atoms with van der Waals surface area (Å²) in [6, 6.07) is 11.7. The first-order chi connectivity index (χ1) is 11.1. The predicted molar refractivity (Wildman–Crippen MR) is 100 cm³/mol. The average Bonchev–Trinajstić information content (AvgIpc) is 2.58. The van der Waals surface area contributed by atoms with Crippen LogP contribution in [0.1, 0.15) is 5.56 Å². The lowest BCUT2D eigenvalue weighted by molar-refractivity contribution is 0.122. The van der Waals surface area contributed by atoms with Crippen LogP contribution < -0.4 is 4.90 Å². The predicted octanol–water partition coefficient (Wildman–Crippen LogP) is 4.50. The van der Waals surface area contributed by atoms with Crippen molar-refractivity contribution in [2.24, 2.45) is 4.99 Å². The van der Waals surface area contributed by atoms with Crippen LogP contribution in [0, 0.1) is 0 Å². The standard InChI is InChI=1S/C17H16Br2N2O2/c18-13-9-12(17(22)16(19)10-13)11-20-14-1-3-15(4-2-14)21-5-7-23-8-6-21/h1-4,9-11,22H,5-8H2. The van der Waals surface area contributed by atoms with E-state index in [2.05, 4.69) is 53.9 Å². The minimum absolute atomic E-state index is 0.182. The molecule has 0 amide bonds. The smallest absolute Gasteiger partial charge is 0.138 e. The van der Waals surface area contributed by atoms with E-state index < -0.39 is 0 Å². The summed E-state index contributed by atoms with van der Waals surface area (Å²) >= 11 is 6.73. The Morgan fingerprint density at radius 1 is 1.09 bits per heavy atom. The number of phenolic OH excluding ortho intramolecular Hbond substituents is 1. The summed E-state index contributed by atoms with van der Waals surface area (Å²) in [5.74, 6) is 0.182. The van der Waals surface area contributed by atoms with Crippen molar-refractivity contribution in [2.75, 3.05) is 31.2 Å². The molecule has 0 unspecified atom stereocenters. The molecular weight excluding hydrogens is 424 g/mol. The van der Waals surface area contributed by atoms with Crippen LogP contribution in [-0.2, 0) is 4.74 Å². The Morgan fingerprint density at radius 3 is 2.48 bits per heavy atom. The van der Waals surface area contributed by atoms with Crippen LogP contribution in [0.15, 0.2) is 50.3 Å². The summed E-state index contributed by atoms with van der Waals surface area (Å²) in [5, 5.41) is 10.0. The molecule has 1 saturated heterocycles. The number of aliphatic imine (C=N–C) groups is 1. The van der Waals surface area contributed by atoms with E-state index >= 15 is 0 Å². The van der Waals surface area contributed by atoms with E-state index in [9.17, 15) is 5.11 Å². The van der Waals surface area contributed by atoms with Gasteiger partial charge in [-0.1, -0.05) is 15.9 Å². The third kappa shape index (κ3) is 4.13. The number of morpholine rings is 1. The Hall–Kier alpha value is -1.37. The number of anilines is 1. The van der Waals surface area contributed by atoms with E-state index in [1.807, 2.05) is 18.2 Å². The highest BCUT2D eigenvalue weighted by atomic mass is 79.9. The fourth-order valence-corrected chi connectivity index (χ4v) is 3.66. The molecule has 2 aromatic carbocycles. The second-order valence-electron chi connectivity index (χ2n) is 5.20. The van der Waals surface area contributed by atoms with Crippen LogP contribution in [0.4, 0.5) is 11.4 Å². The largest absolute Gasteiger partial charge is 0.506 e. The maximum Gasteiger partial charge on any atom is 0.138 e. The van der Waals surface area contributed by atoms with Crippen molar-refractivity contribution in [3.63, 3.8) is 0 Å². The maximum absolute atomic E-state index is 10.0. The van der Waals surface area contributed by atoms with Crippen molar-refractivity contribution in [1.29, 1.82) is 0 Å². The number of phenols is 1. The number of hydrogen-bond acceptors (Lipinski definition) is 4. The molecule has 1 N–H and O–H groups in total. The molecule has 0 radical (unpaired) electrons. The molecule has 23 heavy (non-hydrogen) atoms.